The zero-order chi connectivity index (χ0) is 19.9. The Kier molecular flexibility index (Phi) is 6.11. The Morgan fingerprint density at radius 1 is 1.32 bits per heavy atom. The van der Waals surface area contributed by atoms with E-state index >= 15 is 0 Å². The highest BCUT2D eigenvalue weighted by Gasteiger charge is 2.06. The highest BCUT2D eigenvalue weighted by Crippen LogP contribution is 2.28. The van der Waals surface area contributed by atoms with Crippen molar-refractivity contribution in [2.24, 2.45) is 0 Å². The van der Waals surface area contributed by atoms with Gasteiger partial charge in [0.05, 0.1) is 19.3 Å². The van der Waals surface area contributed by atoms with Gasteiger partial charge >= 0.3 is 0 Å². The number of nitrogens with one attached hydrogen (secondary N) is 1. The number of pyridine rings is 1. The molecule has 0 saturated carbocycles. The predicted octanol–water partition coefficient (Wildman–Crippen LogP) is 3.55. The molecule has 1 N–H and O–H groups in total. The van der Waals surface area contributed by atoms with Crippen LogP contribution in [0.25, 0.3) is 11.7 Å². The summed E-state index contributed by atoms with van der Waals surface area (Å²) in [4.78, 5) is 16.7. The minimum absolute atomic E-state index is 0.195. The lowest BCUT2D eigenvalue weighted by Crippen LogP contribution is -2.20. The average Bonchev–Trinajstić information content (AvgIpc) is 3.14. The number of methoxy groups -OCH3 is 1. The van der Waals surface area contributed by atoms with Crippen LogP contribution in [0.4, 0.5) is 0 Å². The molecule has 6 nitrogen and oxygen atoms in total. The molecule has 0 aliphatic carbocycles. The molecule has 1 amide bonds. The number of hydrogen-bond acceptors (Lipinski definition) is 4. The third-order valence-corrected chi connectivity index (χ3v) is 4.14. The minimum Gasteiger partial charge on any atom is -0.493 e. The van der Waals surface area contributed by atoms with Crippen LogP contribution in [0.2, 0.25) is 0 Å². The van der Waals surface area contributed by atoms with Gasteiger partial charge in [-0.3, -0.25) is 4.79 Å². The quantitative estimate of drug-likeness (QED) is 0.482. The van der Waals surface area contributed by atoms with Crippen molar-refractivity contribution in [1.82, 2.24) is 14.7 Å². The molecule has 0 spiro atoms. The number of benzene rings is 1. The lowest BCUT2D eigenvalue weighted by atomic mass is 10.2. The third-order valence-electron chi connectivity index (χ3n) is 4.14. The van der Waals surface area contributed by atoms with Crippen molar-refractivity contribution in [3.63, 3.8) is 0 Å². The van der Waals surface area contributed by atoms with Crippen LogP contribution in [0, 0.1) is 6.92 Å². The second kappa shape index (κ2) is 8.90. The Morgan fingerprint density at radius 3 is 2.93 bits per heavy atom. The van der Waals surface area contributed by atoms with Crippen LogP contribution in [-0.2, 0) is 11.3 Å². The average molecular weight is 377 g/mol. The van der Waals surface area contributed by atoms with E-state index in [0.29, 0.717) is 24.7 Å². The Bertz CT molecular complexity index is 1020. The number of fused-ring (bicyclic) bond motifs is 1. The molecule has 2 heterocycles. The normalized spacial score (nSPS) is 10.9. The van der Waals surface area contributed by atoms with Gasteiger partial charge in [0.25, 0.3) is 0 Å². The van der Waals surface area contributed by atoms with E-state index in [9.17, 15) is 4.79 Å². The molecule has 28 heavy (non-hydrogen) atoms. The predicted molar refractivity (Wildman–Crippen MR) is 109 cm³/mol. The minimum atomic E-state index is -0.195. The maximum atomic E-state index is 12.1. The summed E-state index contributed by atoms with van der Waals surface area (Å²) in [5.74, 6) is 1.04. The van der Waals surface area contributed by atoms with Gasteiger partial charge in [0.15, 0.2) is 11.5 Å². The molecule has 0 aliphatic heterocycles. The highest BCUT2D eigenvalue weighted by atomic mass is 16.5. The van der Waals surface area contributed by atoms with E-state index in [1.807, 2.05) is 48.0 Å². The summed E-state index contributed by atoms with van der Waals surface area (Å²) in [7, 11) is 1.58. The van der Waals surface area contributed by atoms with E-state index < -0.39 is 0 Å². The lowest BCUT2D eigenvalue weighted by Gasteiger charge is -2.09. The zero-order valence-corrected chi connectivity index (χ0v) is 16.0. The molecule has 2 aromatic heterocycles. The van der Waals surface area contributed by atoms with Gasteiger partial charge < -0.3 is 19.2 Å². The van der Waals surface area contributed by atoms with Crippen molar-refractivity contribution in [3.05, 3.63) is 78.3 Å². The standard InChI is InChI=1S/C22H23N3O3/c1-4-12-28-19-9-7-17(13-20(19)27-3)8-10-21(26)23-14-18-15-25-11-5-6-16(2)22(25)24-18/h4-11,13,15H,1,12,14H2,2-3H3,(H,23,26). The summed E-state index contributed by atoms with van der Waals surface area (Å²) in [5, 5.41) is 2.85. The van der Waals surface area contributed by atoms with Crippen LogP contribution in [0.3, 0.4) is 0 Å². The van der Waals surface area contributed by atoms with E-state index in [4.69, 9.17) is 9.47 Å². The molecule has 0 unspecified atom stereocenters. The van der Waals surface area contributed by atoms with Gasteiger partial charge in [-0.1, -0.05) is 24.8 Å². The van der Waals surface area contributed by atoms with Crippen LogP contribution < -0.4 is 14.8 Å². The van der Waals surface area contributed by atoms with Gasteiger partial charge in [0.2, 0.25) is 5.91 Å². The molecule has 0 bridgehead atoms. The van der Waals surface area contributed by atoms with Gasteiger partial charge in [-0.15, -0.1) is 0 Å². The zero-order valence-electron chi connectivity index (χ0n) is 16.0. The molecule has 0 aliphatic rings. The topological polar surface area (TPSA) is 64.9 Å². The number of aryl methyl sites for hydroxylation is 1. The Hall–Kier alpha value is -3.54. The maximum Gasteiger partial charge on any atom is 0.244 e. The van der Waals surface area contributed by atoms with Crippen molar-refractivity contribution in [2.75, 3.05) is 13.7 Å². The van der Waals surface area contributed by atoms with Crippen molar-refractivity contribution >= 4 is 17.6 Å². The Labute approximate surface area is 164 Å². The van der Waals surface area contributed by atoms with E-state index in [1.165, 1.54) is 6.08 Å². The van der Waals surface area contributed by atoms with E-state index in [2.05, 4.69) is 16.9 Å². The van der Waals surface area contributed by atoms with Crippen LogP contribution >= 0.6 is 0 Å². The Morgan fingerprint density at radius 2 is 2.18 bits per heavy atom. The number of aromatic nitrogens is 2. The molecule has 1 aromatic carbocycles. The number of hydrogen-bond donors (Lipinski definition) is 1. The molecular weight excluding hydrogens is 354 g/mol. The number of rotatable bonds is 8. The van der Waals surface area contributed by atoms with Gasteiger partial charge in [-0.05, 0) is 42.3 Å². The largest absolute Gasteiger partial charge is 0.493 e. The number of carbonyl (C=O) groups is 1. The summed E-state index contributed by atoms with van der Waals surface area (Å²) in [6.45, 7) is 6.40. The number of carbonyl (C=O) groups excluding carboxylic acids is 1. The lowest BCUT2D eigenvalue weighted by molar-refractivity contribution is -0.116. The highest BCUT2D eigenvalue weighted by molar-refractivity contribution is 5.91. The monoisotopic (exact) mass is 377 g/mol. The fraction of sp³-hybridized carbons (Fsp3) is 0.182. The summed E-state index contributed by atoms with van der Waals surface area (Å²) < 4.78 is 12.8. The van der Waals surface area contributed by atoms with Crippen molar-refractivity contribution < 1.29 is 14.3 Å². The molecule has 0 fully saturated rings. The molecule has 0 atom stereocenters. The Balaban J connectivity index is 1.61. The first kappa shape index (κ1) is 19.2. The van der Waals surface area contributed by atoms with Crippen LogP contribution in [-0.4, -0.2) is 29.0 Å². The molecule has 0 radical (unpaired) electrons. The van der Waals surface area contributed by atoms with Crippen molar-refractivity contribution in [3.8, 4) is 11.5 Å². The number of ether oxygens (including phenoxy) is 2. The molecule has 3 rings (SSSR count). The second-order valence-electron chi connectivity index (χ2n) is 6.22. The third kappa shape index (κ3) is 4.59. The molecule has 0 saturated heterocycles. The first-order valence-electron chi connectivity index (χ1n) is 8.91. The summed E-state index contributed by atoms with van der Waals surface area (Å²) in [6.07, 6.45) is 8.74. The molecule has 3 aromatic rings. The first-order valence-corrected chi connectivity index (χ1v) is 8.91. The van der Waals surface area contributed by atoms with Gasteiger partial charge in [-0.25, -0.2) is 4.98 Å². The second-order valence-corrected chi connectivity index (χ2v) is 6.22. The van der Waals surface area contributed by atoms with Gasteiger partial charge in [-0.2, -0.15) is 0 Å². The van der Waals surface area contributed by atoms with E-state index in [0.717, 1.165) is 22.5 Å². The number of nitrogens with zero attached hydrogens (tertiary/aromatic N) is 2. The van der Waals surface area contributed by atoms with Crippen LogP contribution in [0.15, 0.2) is 61.5 Å². The van der Waals surface area contributed by atoms with Crippen molar-refractivity contribution in [2.45, 2.75) is 13.5 Å². The van der Waals surface area contributed by atoms with Crippen LogP contribution in [0.1, 0.15) is 16.8 Å². The molecule has 6 heteroatoms. The molecular formula is C22H23N3O3. The summed E-state index contributed by atoms with van der Waals surface area (Å²) in [6, 6.07) is 9.45. The van der Waals surface area contributed by atoms with E-state index in [-0.39, 0.29) is 5.91 Å². The summed E-state index contributed by atoms with van der Waals surface area (Å²) >= 11 is 0. The number of amides is 1. The SMILES string of the molecule is C=CCOc1ccc(C=CC(=O)NCc2cn3cccc(C)c3n2)cc1OC. The van der Waals surface area contributed by atoms with Crippen molar-refractivity contribution in [1.29, 1.82) is 0 Å². The first-order chi connectivity index (χ1) is 13.6. The maximum absolute atomic E-state index is 12.1. The smallest absolute Gasteiger partial charge is 0.244 e. The molecule has 144 valence electrons. The fourth-order valence-electron chi connectivity index (χ4n) is 2.75. The number of imidazole rings is 1. The van der Waals surface area contributed by atoms with Gasteiger partial charge in [0.1, 0.15) is 12.3 Å². The van der Waals surface area contributed by atoms with Crippen LogP contribution in [0.5, 0.6) is 11.5 Å². The van der Waals surface area contributed by atoms with E-state index in [1.54, 1.807) is 25.3 Å². The summed E-state index contributed by atoms with van der Waals surface area (Å²) in [5.41, 5.74) is 3.63. The van der Waals surface area contributed by atoms with Gasteiger partial charge in [0, 0.05) is 18.5 Å². The fourth-order valence-corrected chi connectivity index (χ4v) is 2.75.